The minimum Gasteiger partial charge on any atom is -0.397 e. The molecule has 0 aromatic rings. The average molecular weight is 341 g/mol. The third-order valence-corrected chi connectivity index (χ3v) is 12.7. The maximum atomic E-state index is 6.39. The highest BCUT2D eigenvalue weighted by Crippen LogP contribution is 2.56. The average Bonchev–Trinajstić information content (AvgIpc) is 2.50. The van der Waals surface area contributed by atoms with E-state index >= 15 is 0 Å². The van der Waals surface area contributed by atoms with Crippen molar-refractivity contribution in [2.24, 2.45) is 35.5 Å². The van der Waals surface area contributed by atoms with E-state index in [1.54, 1.807) is 0 Å². The minimum absolute atomic E-state index is 0.650. The molecule has 2 aliphatic rings. The molecular weight excluding hydrogens is 300 g/mol. The van der Waals surface area contributed by atoms with E-state index in [1.165, 1.54) is 25.7 Å². The molecule has 2 saturated carbocycles. The second-order valence-electron chi connectivity index (χ2n) is 9.15. The Morgan fingerprint density at radius 3 is 1.13 bits per heavy atom. The summed E-state index contributed by atoms with van der Waals surface area (Å²) in [6.45, 7) is 14.6. The van der Waals surface area contributed by atoms with Crippen LogP contribution in [0, 0.1) is 35.5 Å². The van der Waals surface area contributed by atoms with Crippen molar-refractivity contribution in [3.8, 4) is 0 Å². The predicted molar refractivity (Wildman–Crippen MR) is 101 cm³/mol. The van der Waals surface area contributed by atoms with Gasteiger partial charge in [0.1, 0.15) is 0 Å². The van der Waals surface area contributed by atoms with E-state index in [9.17, 15) is 0 Å². The van der Waals surface area contributed by atoms with Crippen molar-refractivity contribution in [1.82, 2.24) is 0 Å². The van der Waals surface area contributed by atoms with Gasteiger partial charge in [0.25, 0.3) is 0 Å². The highest BCUT2D eigenvalue weighted by molar-refractivity contribution is 6.70. The molecule has 0 aromatic heterocycles. The number of rotatable bonds is 4. The highest BCUT2D eigenvalue weighted by atomic mass is 28.4. The normalized spacial score (nSPS) is 45.9. The highest BCUT2D eigenvalue weighted by Gasteiger charge is 2.57. The Kier molecular flexibility index (Phi) is 6.41. The summed E-state index contributed by atoms with van der Waals surface area (Å²) in [5.41, 5.74) is 1.30. The molecular formula is C20H40O2Si. The van der Waals surface area contributed by atoms with Crippen LogP contribution < -0.4 is 0 Å². The Balaban J connectivity index is 2.31. The summed E-state index contributed by atoms with van der Waals surface area (Å²) in [6.07, 6.45) is 5.26. The molecule has 2 nitrogen and oxygen atoms in total. The van der Waals surface area contributed by atoms with Crippen molar-refractivity contribution in [3.63, 3.8) is 0 Å². The van der Waals surface area contributed by atoms with Gasteiger partial charge >= 0.3 is 8.56 Å². The monoisotopic (exact) mass is 340 g/mol. The van der Waals surface area contributed by atoms with E-state index < -0.39 is 8.56 Å². The SMILES string of the molecule is CO[Si](OC)(C1CC(C)C(C)CC1C)C1CC(C)C(C)CC1C. The lowest BCUT2D eigenvalue weighted by molar-refractivity contribution is 0.118. The number of hydrogen-bond donors (Lipinski definition) is 0. The maximum absolute atomic E-state index is 6.39. The van der Waals surface area contributed by atoms with Crippen molar-refractivity contribution in [1.29, 1.82) is 0 Å². The summed E-state index contributed by atoms with van der Waals surface area (Å²) in [5.74, 6) is 4.73. The van der Waals surface area contributed by atoms with Gasteiger partial charge in [0, 0.05) is 25.3 Å². The van der Waals surface area contributed by atoms with Crippen molar-refractivity contribution in [2.75, 3.05) is 14.2 Å². The van der Waals surface area contributed by atoms with E-state index in [2.05, 4.69) is 41.5 Å². The molecule has 23 heavy (non-hydrogen) atoms. The Hall–Kier alpha value is 0.137. The van der Waals surface area contributed by atoms with E-state index in [4.69, 9.17) is 8.85 Å². The van der Waals surface area contributed by atoms with Gasteiger partial charge in [0.2, 0.25) is 0 Å². The van der Waals surface area contributed by atoms with Crippen LogP contribution in [-0.4, -0.2) is 22.8 Å². The summed E-state index contributed by atoms with van der Waals surface area (Å²) < 4.78 is 12.8. The molecule has 0 spiro atoms. The lowest BCUT2D eigenvalue weighted by Gasteiger charge is -2.52. The molecule has 0 radical (unpaired) electrons. The molecule has 8 unspecified atom stereocenters. The summed E-state index contributed by atoms with van der Waals surface area (Å²) >= 11 is 0. The first kappa shape index (κ1) is 19.5. The van der Waals surface area contributed by atoms with Gasteiger partial charge < -0.3 is 8.85 Å². The standard InChI is InChI=1S/C20H40O2Si/c1-13-9-17(5)19(11-15(13)3)23(21-7,22-8)20-12-16(4)14(2)10-18(20)6/h13-20H,9-12H2,1-8H3. The topological polar surface area (TPSA) is 18.5 Å². The molecule has 0 aromatic carbocycles. The molecule has 0 heterocycles. The minimum atomic E-state index is -2.21. The second-order valence-corrected chi connectivity index (χ2v) is 12.9. The number of hydrogen-bond acceptors (Lipinski definition) is 2. The molecule has 136 valence electrons. The summed E-state index contributed by atoms with van der Waals surface area (Å²) in [5, 5.41) is 0. The zero-order valence-corrected chi connectivity index (χ0v) is 17.8. The summed E-state index contributed by atoms with van der Waals surface area (Å²) in [4.78, 5) is 0. The van der Waals surface area contributed by atoms with Gasteiger partial charge in [-0.2, -0.15) is 0 Å². The molecule has 0 amide bonds. The van der Waals surface area contributed by atoms with Crippen molar-refractivity contribution in [3.05, 3.63) is 0 Å². The molecule has 0 bridgehead atoms. The third kappa shape index (κ3) is 3.57. The fourth-order valence-corrected chi connectivity index (χ4v) is 11.0. The van der Waals surface area contributed by atoms with Crippen LogP contribution in [-0.2, 0) is 8.85 Å². The maximum Gasteiger partial charge on any atom is 0.344 e. The molecule has 3 heteroatoms. The van der Waals surface area contributed by atoms with Crippen LogP contribution in [0.15, 0.2) is 0 Å². The van der Waals surface area contributed by atoms with Crippen LogP contribution in [0.2, 0.25) is 11.1 Å². The fourth-order valence-electron chi connectivity index (χ4n) is 5.78. The molecule has 2 rings (SSSR count). The van der Waals surface area contributed by atoms with Crippen LogP contribution >= 0.6 is 0 Å². The first-order valence-corrected chi connectivity index (χ1v) is 11.8. The quantitative estimate of drug-likeness (QED) is 0.596. The van der Waals surface area contributed by atoms with Gasteiger partial charge in [-0.15, -0.1) is 0 Å². The lowest BCUT2D eigenvalue weighted by atomic mass is 9.75. The van der Waals surface area contributed by atoms with E-state index in [-0.39, 0.29) is 0 Å². The van der Waals surface area contributed by atoms with Gasteiger partial charge in [-0.25, -0.2) is 0 Å². The summed E-state index contributed by atoms with van der Waals surface area (Å²) in [6, 6.07) is 0. The molecule has 8 atom stereocenters. The first-order valence-electron chi connectivity index (χ1n) is 9.87. The predicted octanol–water partition coefficient (Wildman–Crippen LogP) is 5.87. The largest absolute Gasteiger partial charge is 0.397 e. The Labute approximate surface area is 146 Å². The zero-order chi connectivity index (χ0) is 17.4. The Morgan fingerprint density at radius 1 is 0.522 bits per heavy atom. The fraction of sp³-hybridized carbons (Fsp3) is 1.00. The van der Waals surface area contributed by atoms with Gasteiger partial charge in [-0.1, -0.05) is 41.5 Å². The van der Waals surface area contributed by atoms with Crippen LogP contribution in [0.1, 0.15) is 67.2 Å². The van der Waals surface area contributed by atoms with Gasteiger partial charge in [-0.05, 0) is 61.2 Å². The third-order valence-electron chi connectivity index (χ3n) is 7.73. The van der Waals surface area contributed by atoms with E-state index in [0.29, 0.717) is 11.1 Å². The van der Waals surface area contributed by atoms with E-state index in [1.807, 2.05) is 14.2 Å². The Bertz CT molecular complexity index is 350. The van der Waals surface area contributed by atoms with Crippen molar-refractivity contribution < 1.29 is 8.85 Å². The van der Waals surface area contributed by atoms with Crippen LogP contribution in [0.25, 0.3) is 0 Å². The first-order chi connectivity index (χ1) is 10.8. The molecule has 2 aliphatic carbocycles. The molecule has 2 fully saturated rings. The smallest absolute Gasteiger partial charge is 0.344 e. The molecule has 0 aliphatic heterocycles. The zero-order valence-electron chi connectivity index (χ0n) is 16.8. The second kappa shape index (κ2) is 7.57. The lowest BCUT2D eigenvalue weighted by Crippen LogP contribution is -2.56. The Morgan fingerprint density at radius 2 is 0.826 bits per heavy atom. The van der Waals surface area contributed by atoms with Gasteiger partial charge in [0.15, 0.2) is 0 Å². The molecule has 0 saturated heterocycles. The van der Waals surface area contributed by atoms with Crippen LogP contribution in [0.5, 0.6) is 0 Å². The van der Waals surface area contributed by atoms with Crippen LogP contribution in [0.4, 0.5) is 0 Å². The summed E-state index contributed by atoms with van der Waals surface area (Å²) in [7, 11) is 1.68. The van der Waals surface area contributed by atoms with Gasteiger partial charge in [0.05, 0.1) is 0 Å². The van der Waals surface area contributed by atoms with Gasteiger partial charge in [-0.3, -0.25) is 0 Å². The van der Waals surface area contributed by atoms with E-state index in [0.717, 1.165) is 35.5 Å². The van der Waals surface area contributed by atoms with Crippen molar-refractivity contribution >= 4 is 8.56 Å². The van der Waals surface area contributed by atoms with Crippen LogP contribution in [0.3, 0.4) is 0 Å². The van der Waals surface area contributed by atoms with Crippen molar-refractivity contribution in [2.45, 2.75) is 78.3 Å². The molecule has 0 N–H and O–H groups in total.